The third kappa shape index (κ3) is 11.2. The van der Waals surface area contributed by atoms with Crippen LogP contribution in [0.5, 0.6) is 0 Å². The van der Waals surface area contributed by atoms with Gasteiger partial charge in [-0.25, -0.2) is 10.3 Å². The molecule has 0 aromatic rings. The number of carbonyl (C=O) groups is 2. The molecule has 3 N–H and O–H groups in total. The van der Waals surface area contributed by atoms with Crippen LogP contribution in [0.15, 0.2) is 0 Å². The van der Waals surface area contributed by atoms with Crippen molar-refractivity contribution in [3.8, 4) is 0 Å². The van der Waals surface area contributed by atoms with Crippen molar-refractivity contribution in [3.05, 3.63) is 0 Å². The van der Waals surface area contributed by atoms with Gasteiger partial charge in [0.2, 0.25) is 0 Å². The number of carboxylic acid groups (broad SMARTS) is 1. The van der Waals surface area contributed by atoms with Gasteiger partial charge in [0.25, 0.3) is 6.16 Å². The molecule has 2 amide bonds. The minimum Gasteiger partial charge on any atom is -0.439 e. The van der Waals surface area contributed by atoms with Crippen molar-refractivity contribution in [1.82, 2.24) is 5.48 Å². The molecule has 0 aromatic heterocycles. The van der Waals surface area contributed by atoms with Crippen molar-refractivity contribution in [1.29, 1.82) is 0 Å². The van der Waals surface area contributed by atoms with E-state index in [1.54, 1.807) is 0 Å². The molecule has 0 heterocycles. The number of hydroxylamine groups is 1. The molecule has 9 heavy (non-hydrogen) atoms. The van der Waals surface area contributed by atoms with Crippen LogP contribution in [0.4, 0.5) is 9.59 Å². The predicted octanol–water partition coefficient (Wildman–Crippen LogP) is -5.07. The summed E-state index contributed by atoms with van der Waals surface area (Å²) in [5.41, 5.74) is 5.70. The molecule has 0 aliphatic carbocycles. The van der Waals surface area contributed by atoms with Crippen LogP contribution in [0.25, 0.3) is 0 Å². The number of primary amides is 1. The van der Waals surface area contributed by atoms with Crippen LogP contribution in [-0.2, 0) is 4.84 Å². The third-order valence-electron chi connectivity index (χ3n) is 0.235. The average molecular weight is 142 g/mol. The first-order chi connectivity index (χ1) is 3.63. The zero-order valence-electron chi connectivity index (χ0n) is 4.71. The van der Waals surface area contributed by atoms with Crippen molar-refractivity contribution in [3.63, 3.8) is 0 Å². The van der Waals surface area contributed by atoms with E-state index in [9.17, 15) is 14.7 Å². The molecular weight excluding hydrogens is 139 g/mol. The largest absolute Gasteiger partial charge is 1.00 e. The Labute approximate surface area is 72.6 Å². The Hall–Kier alpha value is -0.460. The smallest absolute Gasteiger partial charge is 0.439 e. The summed E-state index contributed by atoms with van der Waals surface area (Å²) in [4.78, 5) is 22.3. The van der Waals surface area contributed by atoms with Gasteiger partial charge in [-0.15, -0.1) is 0 Å². The zero-order chi connectivity index (χ0) is 6.57. The molecule has 0 radical (unpaired) electrons. The number of rotatable bonds is 0. The number of amides is 2. The Balaban J connectivity index is 0. The van der Waals surface area contributed by atoms with Crippen LogP contribution in [-0.4, -0.2) is 12.2 Å². The number of nitrogens with two attached hydrogens (primary N) is 1. The first-order valence-electron chi connectivity index (χ1n) is 1.56. The monoisotopic (exact) mass is 142 g/mol. The summed E-state index contributed by atoms with van der Waals surface area (Å²) < 4.78 is 0. The fourth-order valence-electron chi connectivity index (χ4n) is 0.0920. The van der Waals surface area contributed by atoms with Crippen LogP contribution in [0.3, 0.4) is 0 Å². The van der Waals surface area contributed by atoms with Gasteiger partial charge >= 0.3 is 35.6 Å². The summed E-state index contributed by atoms with van der Waals surface area (Å²) in [7, 11) is 0. The summed E-state index contributed by atoms with van der Waals surface area (Å²) in [5.74, 6) is 0. The molecule has 0 aliphatic heterocycles. The van der Waals surface area contributed by atoms with E-state index in [1.807, 2.05) is 0 Å². The second-order valence-corrected chi connectivity index (χ2v) is 0.818. The summed E-state index contributed by atoms with van der Waals surface area (Å²) in [6, 6.07) is -1.09. The van der Waals surface area contributed by atoms with E-state index in [2.05, 4.69) is 10.6 Å². The van der Waals surface area contributed by atoms with Gasteiger partial charge in [-0.05, 0) is 0 Å². The van der Waals surface area contributed by atoms with Gasteiger partial charge in [-0.2, -0.15) is 0 Å². The molecule has 0 aromatic carbocycles. The van der Waals surface area contributed by atoms with Crippen LogP contribution in [0.2, 0.25) is 0 Å². The second kappa shape index (κ2) is 5.67. The van der Waals surface area contributed by atoms with Crippen LogP contribution < -0.4 is 45.9 Å². The standard InChI is InChI=1S/C2H4N2O4.Na/c3-1(5)4-8-2(6)7;/h(H,6,7)(H3,3,4,5);/q;+1/p-1. The van der Waals surface area contributed by atoms with Crippen LogP contribution in [0.1, 0.15) is 0 Å². The number of hydrogen-bond donors (Lipinski definition) is 2. The fraction of sp³-hybridized carbons (Fsp3) is 0. The van der Waals surface area contributed by atoms with Crippen molar-refractivity contribution in [2.45, 2.75) is 0 Å². The first-order valence-corrected chi connectivity index (χ1v) is 1.56. The minimum absolute atomic E-state index is 0. The summed E-state index contributed by atoms with van der Waals surface area (Å²) in [5, 5.41) is 9.30. The minimum atomic E-state index is -1.86. The maximum atomic E-state index is 9.60. The van der Waals surface area contributed by atoms with Crippen molar-refractivity contribution in [2.75, 3.05) is 0 Å². The number of hydrogen-bond acceptors (Lipinski definition) is 4. The van der Waals surface area contributed by atoms with E-state index >= 15 is 0 Å². The van der Waals surface area contributed by atoms with Crippen molar-refractivity contribution < 1.29 is 49.1 Å². The predicted molar refractivity (Wildman–Crippen MR) is 19.2 cm³/mol. The van der Waals surface area contributed by atoms with Gasteiger partial charge in [-0.1, -0.05) is 0 Å². The summed E-state index contributed by atoms with van der Waals surface area (Å²) in [6.07, 6.45) is -1.86. The van der Waals surface area contributed by atoms with E-state index < -0.39 is 12.2 Å². The summed E-state index contributed by atoms with van der Waals surface area (Å²) >= 11 is 0. The quantitative estimate of drug-likeness (QED) is 0.261. The van der Waals surface area contributed by atoms with Crippen molar-refractivity contribution >= 4 is 12.2 Å². The van der Waals surface area contributed by atoms with Gasteiger partial charge in [0.15, 0.2) is 0 Å². The second-order valence-electron chi connectivity index (χ2n) is 0.818. The molecule has 0 fully saturated rings. The van der Waals surface area contributed by atoms with Gasteiger partial charge in [0.1, 0.15) is 0 Å². The molecule has 0 rings (SSSR count). The van der Waals surface area contributed by atoms with Crippen LogP contribution >= 0.6 is 0 Å². The Morgan fingerprint density at radius 2 is 2.00 bits per heavy atom. The molecule has 0 spiro atoms. The number of nitrogens with one attached hydrogen (secondary N) is 1. The van der Waals surface area contributed by atoms with Gasteiger partial charge < -0.3 is 20.5 Å². The number of carbonyl (C=O) groups excluding carboxylic acids is 2. The molecule has 0 atom stereocenters. The first kappa shape index (κ1) is 11.4. The molecular formula is C2H3N2NaO4. The van der Waals surface area contributed by atoms with E-state index in [-0.39, 0.29) is 29.6 Å². The van der Waals surface area contributed by atoms with E-state index in [1.165, 1.54) is 5.48 Å². The normalized spacial score (nSPS) is 6.67. The Morgan fingerprint density at radius 1 is 1.56 bits per heavy atom. The van der Waals surface area contributed by atoms with Crippen molar-refractivity contribution in [2.24, 2.45) is 5.73 Å². The SMILES string of the molecule is NC(=O)NOC(=O)[O-].[Na+]. The third-order valence-corrected chi connectivity index (χ3v) is 0.235. The molecule has 0 saturated carbocycles. The molecule has 7 heteroatoms. The van der Waals surface area contributed by atoms with E-state index in [0.717, 1.165) is 0 Å². The maximum absolute atomic E-state index is 9.60. The topological polar surface area (TPSA) is 104 Å². The molecule has 0 aliphatic rings. The van der Waals surface area contributed by atoms with E-state index in [4.69, 9.17) is 0 Å². The fourth-order valence-corrected chi connectivity index (χ4v) is 0.0920. The molecule has 46 valence electrons. The summed E-state index contributed by atoms with van der Waals surface area (Å²) in [6.45, 7) is 0. The molecule has 0 saturated heterocycles. The maximum Gasteiger partial charge on any atom is 1.00 e. The average Bonchev–Trinajstić information content (AvgIpc) is 1.61. The van der Waals surface area contributed by atoms with Gasteiger partial charge in [-0.3, -0.25) is 0 Å². The molecule has 0 unspecified atom stereocenters. The number of urea groups is 1. The zero-order valence-corrected chi connectivity index (χ0v) is 6.71. The van der Waals surface area contributed by atoms with Crippen LogP contribution in [0, 0.1) is 0 Å². The Morgan fingerprint density at radius 3 is 2.11 bits per heavy atom. The van der Waals surface area contributed by atoms with Gasteiger partial charge in [0, 0.05) is 0 Å². The Bertz CT molecular complexity index is 101. The van der Waals surface area contributed by atoms with E-state index in [0.29, 0.717) is 0 Å². The molecule has 0 bridgehead atoms. The molecule has 6 nitrogen and oxygen atoms in total. The Kier molecular flexibility index (Phi) is 7.15. The van der Waals surface area contributed by atoms with Gasteiger partial charge in [0.05, 0.1) is 0 Å².